The second-order valence-electron chi connectivity index (χ2n) is 6.76. The van der Waals surface area contributed by atoms with E-state index in [4.69, 9.17) is 0 Å². The number of likely N-dealkylation sites (tertiary alicyclic amines) is 1. The molecule has 134 valence electrons. The van der Waals surface area contributed by atoms with Crippen molar-refractivity contribution in [3.63, 3.8) is 0 Å². The van der Waals surface area contributed by atoms with Crippen molar-refractivity contribution < 1.29 is 9.50 Å². The van der Waals surface area contributed by atoms with Crippen molar-refractivity contribution in [2.45, 2.75) is 38.7 Å². The number of benzene rings is 1. The molecule has 0 amide bonds. The molecular formula is C18H27FIN3O. The van der Waals surface area contributed by atoms with Crippen molar-refractivity contribution >= 4 is 29.9 Å². The van der Waals surface area contributed by atoms with Crippen LogP contribution >= 0.6 is 24.0 Å². The van der Waals surface area contributed by atoms with Gasteiger partial charge in [-0.05, 0) is 37.7 Å². The van der Waals surface area contributed by atoms with E-state index in [9.17, 15) is 9.50 Å². The van der Waals surface area contributed by atoms with Gasteiger partial charge in [0.25, 0.3) is 0 Å². The Balaban J connectivity index is 0.00000208. The number of nitrogens with zero attached hydrogens (tertiary/aromatic N) is 2. The molecule has 2 fully saturated rings. The Morgan fingerprint density at radius 3 is 2.71 bits per heavy atom. The molecule has 1 unspecified atom stereocenters. The van der Waals surface area contributed by atoms with Crippen LogP contribution in [0.25, 0.3) is 0 Å². The first kappa shape index (κ1) is 19.4. The normalized spacial score (nSPS) is 20.5. The van der Waals surface area contributed by atoms with Gasteiger partial charge in [0.1, 0.15) is 11.9 Å². The maximum Gasteiger partial charge on any atom is 0.194 e. The van der Waals surface area contributed by atoms with Crippen LogP contribution in [0.5, 0.6) is 0 Å². The minimum Gasteiger partial charge on any atom is -0.386 e. The fraction of sp³-hybridized carbons (Fsp3) is 0.611. The largest absolute Gasteiger partial charge is 0.386 e. The van der Waals surface area contributed by atoms with Crippen molar-refractivity contribution in [1.29, 1.82) is 0 Å². The van der Waals surface area contributed by atoms with Crippen LogP contribution in [0, 0.1) is 11.2 Å². The number of aliphatic hydroxyl groups excluding tert-OH is 1. The van der Waals surface area contributed by atoms with Gasteiger partial charge in [-0.15, -0.1) is 24.0 Å². The molecule has 1 saturated heterocycles. The van der Waals surface area contributed by atoms with Crippen molar-refractivity contribution in [3.05, 3.63) is 35.6 Å². The molecular weight excluding hydrogens is 420 g/mol. The molecule has 4 nitrogen and oxygen atoms in total. The van der Waals surface area contributed by atoms with Crippen LogP contribution in [-0.4, -0.2) is 42.1 Å². The van der Waals surface area contributed by atoms with Gasteiger partial charge in [-0.25, -0.2) is 4.39 Å². The summed E-state index contributed by atoms with van der Waals surface area (Å²) >= 11 is 0. The predicted octanol–water partition coefficient (Wildman–Crippen LogP) is 3.32. The Bertz CT molecular complexity index is 577. The Hall–Kier alpha value is -0.890. The summed E-state index contributed by atoms with van der Waals surface area (Å²) in [5.41, 5.74) is 0.810. The van der Waals surface area contributed by atoms with Crippen LogP contribution in [0.3, 0.4) is 0 Å². The first-order valence-corrected chi connectivity index (χ1v) is 8.59. The predicted molar refractivity (Wildman–Crippen MR) is 105 cm³/mol. The van der Waals surface area contributed by atoms with Gasteiger partial charge in [0.05, 0.1) is 6.54 Å². The molecule has 1 aliphatic carbocycles. The zero-order valence-electron chi connectivity index (χ0n) is 14.2. The molecule has 2 aliphatic rings. The zero-order valence-corrected chi connectivity index (χ0v) is 16.5. The summed E-state index contributed by atoms with van der Waals surface area (Å²) in [7, 11) is 0. The highest BCUT2D eigenvalue weighted by Gasteiger charge is 2.43. The standard InChI is InChI=1S/C18H26FN3O.HI/c1-2-20-17(22-11-10-18(13-22)8-5-9-18)21-12-16(23)14-6-3-4-7-15(14)19;/h3-4,6-7,16,23H,2,5,8-13H2,1H3,(H,20,21);1H. The topological polar surface area (TPSA) is 47.9 Å². The highest BCUT2D eigenvalue weighted by molar-refractivity contribution is 14.0. The van der Waals surface area contributed by atoms with E-state index in [1.54, 1.807) is 18.2 Å². The third-order valence-corrected chi connectivity index (χ3v) is 5.17. The van der Waals surface area contributed by atoms with Crippen molar-refractivity contribution in [2.75, 3.05) is 26.2 Å². The van der Waals surface area contributed by atoms with Crippen LogP contribution in [0.1, 0.15) is 44.3 Å². The van der Waals surface area contributed by atoms with E-state index in [1.165, 1.54) is 31.7 Å². The van der Waals surface area contributed by atoms with Crippen LogP contribution in [-0.2, 0) is 0 Å². The smallest absolute Gasteiger partial charge is 0.194 e. The first-order chi connectivity index (χ1) is 11.1. The minimum absolute atomic E-state index is 0. The number of nitrogens with one attached hydrogen (secondary N) is 1. The third-order valence-electron chi connectivity index (χ3n) is 5.17. The highest BCUT2D eigenvalue weighted by atomic mass is 127. The van der Waals surface area contributed by atoms with Crippen LogP contribution in [0.4, 0.5) is 4.39 Å². The SMILES string of the molecule is CCNC(=NCC(O)c1ccccc1F)N1CCC2(CCC2)C1.I. The van der Waals surface area contributed by atoms with Gasteiger partial charge in [-0.3, -0.25) is 4.99 Å². The quantitative estimate of drug-likeness (QED) is 0.423. The van der Waals surface area contributed by atoms with E-state index in [0.29, 0.717) is 11.0 Å². The van der Waals surface area contributed by atoms with Gasteiger partial charge in [0, 0.05) is 25.2 Å². The number of guanidine groups is 1. The van der Waals surface area contributed by atoms with Gasteiger partial charge in [-0.2, -0.15) is 0 Å². The molecule has 1 heterocycles. The summed E-state index contributed by atoms with van der Waals surface area (Å²) in [6, 6.07) is 6.34. The highest BCUT2D eigenvalue weighted by Crippen LogP contribution is 2.47. The van der Waals surface area contributed by atoms with Crippen molar-refractivity contribution in [2.24, 2.45) is 10.4 Å². The third kappa shape index (κ3) is 4.20. The maximum atomic E-state index is 13.7. The second kappa shape index (κ2) is 8.47. The van der Waals surface area contributed by atoms with Gasteiger partial charge in [0.2, 0.25) is 0 Å². The summed E-state index contributed by atoms with van der Waals surface area (Å²) < 4.78 is 13.7. The van der Waals surface area contributed by atoms with Gasteiger partial charge >= 0.3 is 0 Å². The monoisotopic (exact) mass is 447 g/mol. The molecule has 0 aromatic heterocycles. The molecule has 1 saturated carbocycles. The van der Waals surface area contributed by atoms with Crippen molar-refractivity contribution in [1.82, 2.24) is 10.2 Å². The van der Waals surface area contributed by atoms with Crippen molar-refractivity contribution in [3.8, 4) is 0 Å². The summed E-state index contributed by atoms with van der Waals surface area (Å²) in [6.45, 7) is 5.07. The second-order valence-corrected chi connectivity index (χ2v) is 6.76. The van der Waals surface area contributed by atoms with E-state index in [-0.39, 0.29) is 36.3 Å². The van der Waals surface area contributed by atoms with E-state index < -0.39 is 6.10 Å². The first-order valence-electron chi connectivity index (χ1n) is 8.59. The van der Waals surface area contributed by atoms with Crippen LogP contribution < -0.4 is 5.32 Å². The molecule has 3 rings (SSSR count). The summed E-state index contributed by atoms with van der Waals surface area (Å²) in [4.78, 5) is 6.84. The Labute approximate surface area is 160 Å². The van der Waals surface area contributed by atoms with E-state index in [1.807, 2.05) is 6.92 Å². The van der Waals surface area contributed by atoms with Crippen LogP contribution in [0.2, 0.25) is 0 Å². The zero-order chi connectivity index (χ0) is 16.3. The fourth-order valence-electron chi connectivity index (χ4n) is 3.64. The summed E-state index contributed by atoms with van der Waals surface area (Å²) in [6.07, 6.45) is 4.30. The summed E-state index contributed by atoms with van der Waals surface area (Å²) in [5.74, 6) is 0.460. The molecule has 1 spiro atoms. The molecule has 0 bridgehead atoms. The lowest BCUT2D eigenvalue weighted by atomic mass is 9.68. The Morgan fingerprint density at radius 1 is 1.38 bits per heavy atom. The van der Waals surface area contributed by atoms with E-state index >= 15 is 0 Å². The van der Waals surface area contributed by atoms with E-state index in [0.717, 1.165) is 25.6 Å². The molecule has 0 radical (unpaired) electrons. The molecule has 1 aromatic rings. The van der Waals surface area contributed by atoms with E-state index in [2.05, 4.69) is 15.2 Å². The molecule has 2 N–H and O–H groups in total. The van der Waals surface area contributed by atoms with Gasteiger partial charge in [0.15, 0.2) is 5.96 Å². The molecule has 1 aliphatic heterocycles. The Kier molecular flexibility index (Phi) is 6.86. The lowest BCUT2D eigenvalue weighted by Crippen LogP contribution is -2.42. The Morgan fingerprint density at radius 2 is 2.12 bits per heavy atom. The van der Waals surface area contributed by atoms with Gasteiger partial charge in [-0.1, -0.05) is 24.6 Å². The fourth-order valence-corrected chi connectivity index (χ4v) is 3.64. The number of aliphatic hydroxyl groups is 1. The molecule has 1 atom stereocenters. The maximum absolute atomic E-state index is 13.7. The number of halogens is 2. The minimum atomic E-state index is -0.912. The lowest BCUT2D eigenvalue weighted by Gasteiger charge is -2.38. The average molecular weight is 447 g/mol. The molecule has 1 aromatic carbocycles. The molecule has 24 heavy (non-hydrogen) atoms. The number of hydrogen-bond donors (Lipinski definition) is 2. The van der Waals surface area contributed by atoms with Crippen LogP contribution in [0.15, 0.2) is 29.3 Å². The average Bonchev–Trinajstić information content (AvgIpc) is 2.97. The number of aliphatic imine (C=N–C) groups is 1. The lowest BCUT2D eigenvalue weighted by molar-refractivity contribution is 0.151. The number of rotatable bonds is 4. The number of hydrogen-bond acceptors (Lipinski definition) is 2. The van der Waals surface area contributed by atoms with Gasteiger partial charge < -0.3 is 15.3 Å². The molecule has 6 heteroatoms. The summed E-state index contributed by atoms with van der Waals surface area (Å²) in [5, 5.41) is 13.5.